The van der Waals surface area contributed by atoms with E-state index in [1.807, 2.05) is 20.8 Å². The van der Waals surface area contributed by atoms with Gasteiger partial charge < -0.3 is 9.64 Å². The van der Waals surface area contributed by atoms with E-state index in [1.165, 1.54) is 14.1 Å². The first-order chi connectivity index (χ1) is 10.5. The number of aromatic nitrogens is 2. The lowest BCUT2D eigenvalue weighted by molar-refractivity contribution is 0.0221. The monoisotopic (exact) mass is 345 g/mol. The number of ether oxygens (including phenoxy) is 1. The number of fused-ring (bicyclic) bond motifs is 1. The number of hydrogen-bond acceptors (Lipinski definition) is 5. The van der Waals surface area contributed by atoms with Crippen LogP contribution in [-0.4, -0.2) is 60.2 Å². The third-order valence-corrected chi connectivity index (χ3v) is 4.70. The number of carbonyl (C=O) groups is 1. The molecule has 1 amide bonds. The number of H-pyrrole nitrogens is 1. The lowest BCUT2D eigenvalue weighted by Crippen LogP contribution is -2.40. The Morgan fingerprint density at radius 2 is 2.04 bits per heavy atom. The molecule has 0 spiro atoms. The van der Waals surface area contributed by atoms with Gasteiger partial charge in [-0.05, 0) is 27.2 Å². The number of hydrogen-bond donors (Lipinski definition) is 2. The average Bonchev–Trinajstić information content (AvgIpc) is 2.78. The number of amides is 1. The molecule has 0 saturated heterocycles. The van der Waals surface area contributed by atoms with E-state index in [-0.39, 0.29) is 5.82 Å². The van der Waals surface area contributed by atoms with Crippen molar-refractivity contribution < 1.29 is 17.9 Å². The molecule has 1 aliphatic rings. The predicted molar refractivity (Wildman–Crippen MR) is 85.2 cm³/mol. The fourth-order valence-electron chi connectivity index (χ4n) is 2.10. The van der Waals surface area contributed by atoms with E-state index in [2.05, 4.69) is 14.9 Å². The zero-order valence-corrected chi connectivity index (χ0v) is 14.8. The van der Waals surface area contributed by atoms with Crippen LogP contribution < -0.4 is 4.72 Å². The van der Waals surface area contributed by atoms with Crippen molar-refractivity contribution in [1.82, 2.24) is 19.4 Å². The summed E-state index contributed by atoms with van der Waals surface area (Å²) in [6.07, 6.45) is 0.101. The largest absolute Gasteiger partial charge is 0.444 e. The molecular formula is C13H23N5O4S. The van der Waals surface area contributed by atoms with Gasteiger partial charge in [0.15, 0.2) is 5.82 Å². The van der Waals surface area contributed by atoms with E-state index >= 15 is 0 Å². The Balaban J connectivity index is 2.11. The van der Waals surface area contributed by atoms with Crippen LogP contribution in [0.25, 0.3) is 0 Å². The van der Waals surface area contributed by atoms with Crippen molar-refractivity contribution in [3.05, 3.63) is 11.3 Å². The van der Waals surface area contributed by atoms with E-state index in [1.54, 1.807) is 4.90 Å². The average molecular weight is 345 g/mol. The zero-order chi connectivity index (χ0) is 17.4. The molecule has 130 valence electrons. The molecule has 1 aromatic rings. The van der Waals surface area contributed by atoms with Crippen molar-refractivity contribution in [3.63, 3.8) is 0 Å². The maximum absolute atomic E-state index is 12.1. The van der Waals surface area contributed by atoms with Crippen molar-refractivity contribution in [2.24, 2.45) is 0 Å². The highest BCUT2D eigenvalue weighted by Gasteiger charge is 2.29. The van der Waals surface area contributed by atoms with Crippen LogP contribution in [0.4, 0.5) is 10.6 Å². The standard InChI is InChI=1S/C13H23N5O4S/c1-13(2,3)22-12(19)18-7-6-9-10(8-18)14-15-11(9)16-23(20,21)17(4)5/h6-8H2,1-5H3,(H2,14,15,16). The molecule has 10 heteroatoms. The van der Waals surface area contributed by atoms with E-state index < -0.39 is 21.9 Å². The molecule has 0 fully saturated rings. The third kappa shape index (κ3) is 4.14. The van der Waals surface area contributed by atoms with E-state index in [0.717, 1.165) is 9.87 Å². The third-order valence-electron chi connectivity index (χ3n) is 3.29. The van der Waals surface area contributed by atoms with Gasteiger partial charge in [0, 0.05) is 26.2 Å². The fraction of sp³-hybridized carbons (Fsp3) is 0.692. The summed E-state index contributed by atoms with van der Waals surface area (Å²) in [7, 11) is -0.741. The Morgan fingerprint density at radius 3 is 2.61 bits per heavy atom. The number of aromatic amines is 1. The molecule has 0 unspecified atom stereocenters. The van der Waals surface area contributed by atoms with Crippen LogP contribution in [0.3, 0.4) is 0 Å². The van der Waals surface area contributed by atoms with Crippen molar-refractivity contribution >= 4 is 22.1 Å². The smallest absolute Gasteiger partial charge is 0.410 e. The summed E-state index contributed by atoms with van der Waals surface area (Å²) in [6.45, 7) is 6.18. The number of rotatable bonds is 3. The summed E-state index contributed by atoms with van der Waals surface area (Å²) in [5.74, 6) is 0.275. The number of carbonyl (C=O) groups excluding carboxylic acids is 1. The predicted octanol–water partition coefficient (Wildman–Crippen LogP) is 0.921. The highest BCUT2D eigenvalue weighted by molar-refractivity contribution is 7.90. The lowest BCUT2D eigenvalue weighted by Gasteiger charge is -2.29. The molecule has 23 heavy (non-hydrogen) atoms. The molecule has 1 aliphatic heterocycles. The summed E-state index contributed by atoms with van der Waals surface area (Å²) in [6, 6.07) is 0. The minimum absolute atomic E-state index is 0.275. The highest BCUT2D eigenvalue weighted by Crippen LogP contribution is 2.25. The summed E-state index contributed by atoms with van der Waals surface area (Å²) in [5, 5.41) is 6.80. The number of nitrogens with zero attached hydrogens (tertiary/aromatic N) is 3. The Bertz CT molecular complexity index is 690. The quantitative estimate of drug-likeness (QED) is 0.847. The van der Waals surface area contributed by atoms with Crippen LogP contribution in [0.2, 0.25) is 0 Å². The summed E-state index contributed by atoms with van der Waals surface area (Å²) in [4.78, 5) is 13.7. The van der Waals surface area contributed by atoms with Crippen molar-refractivity contribution in [3.8, 4) is 0 Å². The van der Waals surface area contributed by atoms with Crippen LogP contribution in [0.1, 0.15) is 32.0 Å². The van der Waals surface area contributed by atoms with Crippen LogP contribution in [0.15, 0.2) is 0 Å². The fourth-order valence-corrected chi connectivity index (χ4v) is 2.69. The first-order valence-corrected chi connectivity index (χ1v) is 8.68. The Kier molecular flexibility index (Phi) is 4.58. The van der Waals surface area contributed by atoms with Gasteiger partial charge in [0.1, 0.15) is 5.60 Å². The van der Waals surface area contributed by atoms with Crippen LogP contribution in [0.5, 0.6) is 0 Å². The minimum Gasteiger partial charge on any atom is -0.444 e. The zero-order valence-electron chi connectivity index (χ0n) is 14.0. The van der Waals surface area contributed by atoms with Crippen LogP contribution >= 0.6 is 0 Å². The van der Waals surface area contributed by atoms with Crippen molar-refractivity contribution in [1.29, 1.82) is 0 Å². The molecule has 9 nitrogen and oxygen atoms in total. The molecule has 2 rings (SSSR count). The molecule has 1 aromatic heterocycles. The highest BCUT2D eigenvalue weighted by atomic mass is 32.2. The maximum atomic E-state index is 12.1. The van der Waals surface area contributed by atoms with Crippen LogP contribution in [0, 0.1) is 0 Å². The number of nitrogens with one attached hydrogen (secondary N) is 2. The van der Waals surface area contributed by atoms with E-state index in [0.29, 0.717) is 25.2 Å². The normalized spacial score (nSPS) is 15.5. The molecule has 2 N–H and O–H groups in total. The van der Waals surface area contributed by atoms with Gasteiger partial charge in [-0.25, -0.2) is 4.79 Å². The van der Waals surface area contributed by atoms with Gasteiger partial charge in [-0.2, -0.15) is 17.8 Å². The van der Waals surface area contributed by atoms with Crippen molar-refractivity contribution in [2.75, 3.05) is 25.4 Å². The Hall–Kier alpha value is -1.81. The molecule has 0 aliphatic carbocycles. The lowest BCUT2D eigenvalue weighted by atomic mass is 10.1. The molecule has 0 aromatic carbocycles. The molecule has 0 bridgehead atoms. The first kappa shape index (κ1) is 17.5. The molecular weight excluding hydrogens is 322 g/mol. The topological polar surface area (TPSA) is 108 Å². The minimum atomic E-state index is -3.61. The van der Waals surface area contributed by atoms with Gasteiger partial charge in [0.05, 0.1) is 12.2 Å². The van der Waals surface area contributed by atoms with Gasteiger partial charge >= 0.3 is 16.3 Å². The summed E-state index contributed by atoms with van der Waals surface area (Å²) >= 11 is 0. The van der Waals surface area contributed by atoms with Gasteiger partial charge in [-0.15, -0.1) is 0 Å². The van der Waals surface area contributed by atoms with Gasteiger partial charge in [-0.1, -0.05) is 0 Å². The van der Waals surface area contributed by atoms with E-state index in [9.17, 15) is 13.2 Å². The Morgan fingerprint density at radius 1 is 1.39 bits per heavy atom. The first-order valence-electron chi connectivity index (χ1n) is 7.24. The maximum Gasteiger partial charge on any atom is 0.410 e. The molecule has 0 radical (unpaired) electrons. The second-order valence-corrected chi connectivity index (χ2v) is 8.46. The summed E-state index contributed by atoms with van der Waals surface area (Å²) < 4.78 is 32.6. The van der Waals surface area contributed by atoms with Gasteiger partial charge in [-0.3, -0.25) is 9.82 Å². The molecule has 0 saturated carbocycles. The SMILES string of the molecule is CN(C)S(=O)(=O)Nc1n[nH]c2c1CCN(C(=O)OC(C)(C)C)C2. The van der Waals surface area contributed by atoms with Gasteiger partial charge in [0.2, 0.25) is 0 Å². The summed E-state index contributed by atoms with van der Waals surface area (Å²) in [5.41, 5.74) is 0.923. The molecule has 0 atom stereocenters. The van der Waals surface area contributed by atoms with Crippen molar-refractivity contribution in [2.45, 2.75) is 39.3 Å². The second kappa shape index (κ2) is 6.00. The van der Waals surface area contributed by atoms with Crippen LogP contribution in [-0.2, 0) is 27.9 Å². The molecule has 2 heterocycles. The number of anilines is 1. The van der Waals surface area contributed by atoms with Gasteiger partial charge in [0.25, 0.3) is 0 Å². The second-order valence-electron chi connectivity index (χ2n) is 6.57. The van der Waals surface area contributed by atoms with E-state index in [4.69, 9.17) is 4.74 Å². The Labute approximate surface area is 136 Å².